The van der Waals surface area contributed by atoms with Gasteiger partial charge in [0.05, 0.1) is 36.4 Å². The molecule has 0 bridgehead atoms. The normalized spacial score (nSPS) is 22.1. The van der Waals surface area contributed by atoms with Gasteiger partial charge in [-0.1, -0.05) is 11.6 Å². The number of halogens is 5. The number of ether oxygens (including phenoxy) is 1. The molecule has 2 aromatic rings. The highest BCUT2D eigenvalue weighted by Crippen LogP contribution is 2.39. The lowest BCUT2D eigenvalue weighted by Gasteiger charge is -2.38. The van der Waals surface area contributed by atoms with Gasteiger partial charge in [0.2, 0.25) is 5.91 Å². The Labute approximate surface area is 228 Å². The van der Waals surface area contributed by atoms with Crippen LogP contribution in [-0.2, 0) is 15.7 Å². The zero-order chi connectivity index (χ0) is 28.5. The third-order valence-electron chi connectivity index (χ3n) is 7.13. The van der Waals surface area contributed by atoms with Crippen LogP contribution >= 0.6 is 11.6 Å². The highest BCUT2D eigenvalue weighted by atomic mass is 35.5. The Morgan fingerprint density at radius 1 is 1.36 bits per heavy atom. The van der Waals surface area contributed by atoms with E-state index in [2.05, 4.69) is 4.98 Å². The summed E-state index contributed by atoms with van der Waals surface area (Å²) in [5.41, 5.74) is -1.42. The van der Waals surface area contributed by atoms with Crippen LogP contribution in [0.25, 0.3) is 0 Å². The molecule has 3 heterocycles. The van der Waals surface area contributed by atoms with Crippen LogP contribution in [0.15, 0.2) is 24.3 Å². The van der Waals surface area contributed by atoms with Crippen LogP contribution in [0.4, 0.5) is 29.1 Å². The number of rotatable bonds is 6. The standard InChI is InChI=1S/C26H28ClF4N5O3/c1-3-34(16-4-5-22(28)21(27)9-16)25(38)23-10-17(35-6-7-39-14-18(35)13-37)12-36(23)24-19(11-32)20(26(29,30)31)8-15(2)33-24/h4-5,8-9,17-18,23,37H,3,6-7,10,12-14H2,1-2H3/t17-,18+,23-/m0/s1. The summed E-state index contributed by atoms with van der Waals surface area (Å²) in [4.78, 5) is 23.1. The van der Waals surface area contributed by atoms with Gasteiger partial charge in [0.1, 0.15) is 29.3 Å². The Morgan fingerprint density at radius 2 is 2.10 bits per heavy atom. The molecule has 0 saturated carbocycles. The van der Waals surface area contributed by atoms with Crippen molar-refractivity contribution in [1.29, 1.82) is 5.26 Å². The molecule has 2 aliphatic heterocycles. The van der Waals surface area contributed by atoms with Gasteiger partial charge in [-0.3, -0.25) is 9.69 Å². The summed E-state index contributed by atoms with van der Waals surface area (Å²) in [5, 5.41) is 19.5. The van der Waals surface area contributed by atoms with Crippen molar-refractivity contribution in [2.45, 2.75) is 44.6 Å². The quantitative estimate of drug-likeness (QED) is 0.530. The molecule has 0 radical (unpaired) electrons. The van der Waals surface area contributed by atoms with Crippen LogP contribution in [0.3, 0.4) is 0 Å². The number of nitriles is 1. The Balaban J connectivity index is 1.81. The van der Waals surface area contributed by atoms with Crippen molar-refractivity contribution in [2.24, 2.45) is 0 Å². The van der Waals surface area contributed by atoms with Crippen molar-refractivity contribution < 1.29 is 32.2 Å². The number of hydrogen-bond donors (Lipinski definition) is 1. The first-order valence-corrected chi connectivity index (χ1v) is 12.8. The first kappa shape index (κ1) is 29.0. The van der Waals surface area contributed by atoms with E-state index < -0.39 is 35.1 Å². The van der Waals surface area contributed by atoms with Crippen molar-refractivity contribution in [3.63, 3.8) is 0 Å². The Kier molecular flexibility index (Phi) is 8.66. The fraction of sp³-hybridized carbons (Fsp3) is 0.500. The Bertz CT molecular complexity index is 1270. The maximum Gasteiger partial charge on any atom is 0.417 e. The third-order valence-corrected chi connectivity index (χ3v) is 7.42. The third kappa shape index (κ3) is 5.82. The number of hydrogen-bond acceptors (Lipinski definition) is 7. The van der Waals surface area contributed by atoms with Crippen molar-refractivity contribution in [3.8, 4) is 6.07 Å². The van der Waals surface area contributed by atoms with Crippen molar-refractivity contribution in [1.82, 2.24) is 9.88 Å². The van der Waals surface area contributed by atoms with Crippen LogP contribution < -0.4 is 9.80 Å². The van der Waals surface area contributed by atoms with E-state index in [9.17, 15) is 32.7 Å². The molecule has 2 aliphatic rings. The van der Waals surface area contributed by atoms with Gasteiger partial charge in [0.15, 0.2) is 0 Å². The lowest BCUT2D eigenvalue weighted by molar-refractivity contribution is -0.137. The number of alkyl halides is 3. The van der Waals surface area contributed by atoms with Gasteiger partial charge in [0.25, 0.3) is 0 Å². The molecular formula is C26H28ClF4N5O3. The fourth-order valence-corrected chi connectivity index (χ4v) is 5.50. The molecular weight excluding hydrogens is 542 g/mol. The molecule has 1 amide bonds. The van der Waals surface area contributed by atoms with Gasteiger partial charge in [-0.25, -0.2) is 9.37 Å². The summed E-state index contributed by atoms with van der Waals surface area (Å²) >= 11 is 5.96. The number of carbonyl (C=O) groups is 1. The SMILES string of the molecule is CCN(C(=O)[C@@H]1C[C@H](N2CCOC[C@H]2CO)CN1c1nc(C)cc(C(F)(F)F)c1C#N)c1ccc(F)c(Cl)c1. The summed E-state index contributed by atoms with van der Waals surface area (Å²) < 4.78 is 61.0. The van der Waals surface area contributed by atoms with Gasteiger partial charge < -0.3 is 19.6 Å². The van der Waals surface area contributed by atoms with Crippen LogP contribution in [0.5, 0.6) is 0 Å². The number of aliphatic hydroxyl groups excluding tert-OH is 1. The monoisotopic (exact) mass is 569 g/mol. The zero-order valence-electron chi connectivity index (χ0n) is 21.4. The number of aryl methyl sites for hydroxylation is 1. The van der Waals surface area contributed by atoms with Gasteiger partial charge in [0, 0.05) is 37.1 Å². The first-order valence-electron chi connectivity index (χ1n) is 12.5. The molecule has 8 nitrogen and oxygen atoms in total. The molecule has 1 aromatic carbocycles. The largest absolute Gasteiger partial charge is 0.417 e. The number of benzene rings is 1. The smallest absolute Gasteiger partial charge is 0.395 e. The summed E-state index contributed by atoms with van der Waals surface area (Å²) in [6.45, 7) is 4.29. The summed E-state index contributed by atoms with van der Waals surface area (Å²) in [6, 6.07) is 4.61. The highest BCUT2D eigenvalue weighted by Gasteiger charge is 2.46. The predicted molar refractivity (Wildman–Crippen MR) is 136 cm³/mol. The molecule has 2 saturated heterocycles. The number of aromatic nitrogens is 1. The molecule has 0 unspecified atom stereocenters. The number of carbonyl (C=O) groups excluding carboxylic acids is 1. The summed E-state index contributed by atoms with van der Waals surface area (Å²) in [7, 11) is 0. The number of morpholine rings is 1. The molecule has 39 heavy (non-hydrogen) atoms. The van der Waals surface area contributed by atoms with E-state index in [-0.39, 0.29) is 61.3 Å². The van der Waals surface area contributed by atoms with E-state index in [0.717, 1.165) is 12.1 Å². The van der Waals surface area contributed by atoms with Crippen LogP contribution in [-0.4, -0.2) is 78.5 Å². The number of amides is 1. The van der Waals surface area contributed by atoms with E-state index in [4.69, 9.17) is 16.3 Å². The van der Waals surface area contributed by atoms with Gasteiger partial charge in [-0.05, 0) is 44.5 Å². The van der Waals surface area contributed by atoms with Crippen LogP contribution in [0.2, 0.25) is 5.02 Å². The summed E-state index contributed by atoms with van der Waals surface area (Å²) in [5.74, 6) is -1.35. The van der Waals surface area contributed by atoms with Gasteiger partial charge >= 0.3 is 6.18 Å². The topological polar surface area (TPSA) is 92.9 Å². The predicted octanol–water partition coefficient (Wildman–Crippen LogP) is 3.77. The second-order valence-corrected chi connectivity index (χ2v) is 9.91. The van der Waals surface area contributed by atoms with Crippen molar-refractivity contribution in [2.75, 3.05) is 49.3 Å². The molecule has 13 heteroatoms. The van der Waals surface area contributed by atoms with Crippen molar-refractivity contribution >= 4 is 29.0 Å². The minimum atomic E-state index is -4.81. The molecule has 210 valence electrons. The van der Waals surface area contributed by atoms with E-state index in [1.165, 1.54) is 28.9 Å². The molecule has 1 aromatic heterocycles. The Hall–Kier alpha value is -2.98. The summed E-state index contributed by atoms with van der Waals surface area (Å²) in [6.07, 6.45) is -4.61. The molecule has 3 atom stereocenters. The van der Waals surface area contributed by atoms with Crippen LogP contribution in [0.1, 0.15) is 30.2 Å². The number of anilines is 2. The maximum absolute atomic E-state index is 14.0. The van der Waals surface area contributed by atoms with Crippen LogP contribution in [0, 0.1) is 24.1 Å². The van der Waals surface area contributed by atoms with E-state index >= 15 is 0 Å². The van der Waals surface area contributed by atoms with E-state index in [1.807, 2.05) is 4.90 Å². The minimum absolute atomic E-state index is 0.0447. The highest BCUT2D eigenvalue weighted by molar-refractivity contribution is 6.31. The molecule has 1 N–H and O–H groups in total. The zero-order valence-corrected chi connectivity index (χ0v) is 22.1. The van der Waals surface area contributed by atoms with Gasteiger partial charge in [-0.15, -0.1) is 0 Å². The molecule has 0 spiro atoms. The number of pyridine rings is 1. The van der Waals surface area contributed by atoms with E-state index in [1.54, 1.807) is 13.0 Å². The van der Waals surface area contributed by atoms with E-state index in [0.29, 0.717) is 18.8 Å². The fourth-order valence-electron chi connectivity index (χ4n) is 5.33. The number of aliphatic hydroxyl groups is 1. The minimum Gasteiger partial charge on any atom is -0.395 e. The second-order valence-electron chi connectivity index (χ2n) is 9.51. The number of nitrogens with zero attached hydrogens (tertiary/aromatic N) is 5. The molecule has 0 aliphatic carbocycles. The maximum atomic E-state index is 14.0. The molecule has 4 rings (SSSR count). The number of likely N-dealkylation sites (N-methyl/N-ethyl adjacent to an activating group) is 1. The van der Waals surface area contributed by atoms with Crippen molar-refractivity contribution in [3.05, 3.63) is 51.9 Å². The average Bonchev–Trinajstić information content (AvgIpc) is 3.35. The first-order chi connectivity index (χ1) is 18.5. The molecule has 2 fully saturated rings. The Morgan fingerprint density at radius 3 is 2.72 bits per heavy atom. The lowest BCUT2D eigenvalue weighted by Crippen LogP contribution is -2.53. The lowest BCUT2D eigenvalue weighted by atomic mass is 10.1. The second kappa shape index (κ2) is 11.6. The van der Waals surface area contributed by atoms with Gasteiger partial charge in [-0.2, -0.15) is 18.4 Å². The average molecular weight is 570 g/mol.